The Hall–Kier alpha value is -2.84. The summed E-state index contributed by atoms with van der Waals surface area (Å²) in [5.74, 6) is 0.253. The third-order valence-corrected chi connectivity index (χ3v) is 3.75. The Labute approximate surface area is 132 Å². The molecule has 0 aromatic carbocycles. The number of tetrazole rings is 1. The summed E-state index contributed by atoms with van der Waals surface area (Å²) in [6, 6.07) is 3.46. The van der Waals surface area contributed by atoms with Gasteiger partial charge in [0.05, 0.1) is 18.4 Å². The maximum Gasteiger partial charge on any atom is 0.243 e. The van der Waals surface area contributed by atoms with Gasteiger partial charge in [-0.15, -0.1) is 5.10 Å². The van der Waals surface area contributed by atoms with Crippen LogP contribution in [-0.2, 0) is 22.6 Å². The van der Waals surface area contributed by atoms with Gasteiger partial charge in [-0.25, -0.2) is 4.68 Å². The second-order valence-electron chi connectivity index (χ2n) is 5.35. The molecule has 0 fully saturated rings. The van der Waals surface area contributed by atoms with Crippen LogP contribution in [0.25, 0.3) is 0 Å². The fourth-order valence-electron chi connectivity index (χ4n) is 2.52. The van der Waals surface area contributed by atoms with E-state index in [4.69, 9.17) is 0 Å². The highest BCUT2D eigenvalue weighted by Crippen LogP contribution is 2.17. The molecule has 1 aliphatic rings. The molecule has 23 heavy (non-hydrogen) atoms. The molecule has 2 amide bonds. The molecule has 0 saturated heterocycles. The molecule has 9 heteroatoms. The number of hydrogen-bond donors (Lipinski definition) is 2. The third kappa shape index (κ3) is 3.87. The fourth-order valence-corrected chi connectivity index (χ4v) is 2.52. The van der Waals surface area contributed by atoms with Crippen molar-refractivity contribution in [2.45, 2.75) is 25.8 Å². The van der Waals surface area contributed by atoms with Crippen LogP contribution < -0.4 is 10.6 Å². The smallest absolute Gasteiger partial charge is 0.243 e. The lowest BCUT2D eigenvalue weighted by atomic mass is 9.99. The Balaban J connectivity index is 1.46. The molecule has 2 aromatic rings. The Morgan fingerprint density at radius 2 is 2.26 bits per heavy atom. The zero-order valence-electron chi connectivity index (χ0n) is 12.5. The molecular weight excluding hydrogens is 298 g/mol. The van der Waals surface area contributed by atoms with Gasteiger partial charge in [0.1, 0.15) is 0 Å². The van der Waals surface area contributed by atoms with Gasteiger partial charge in [-0.3, -0.25) is 14.6 Å². The highest BCUT2D eigenvalue weighted by atomic mass is 16.2. The molecule has 1 unspecified atom stereocenters. The molecule has 0 radical (unpaired) electrons. The van der Waals surface area contributed by atoms with Crippen molar-refractivity contribution in [1.82, 2.24) is 30.5 Å². The minimum atomic E-state index is -0.279. The second kappa shape index (κ2) is 6.95. The van der Waals surface area contributed by atoms with Crippen LogP contribution in [0.2, 0.25) is 0 Å². The van der Waals surface area contributed by atoms with E-state index in [1.54, 1.807) is 29.2 Å². The lowest BCUT2D eigenvalue weighted by Crippen LogP contribution is -2.37. The number of aryl methyl sites for hydroxylation is 2. The summed E-state index contributed by atoms with van der Waals surface area (Å²) in [6.45, 7) is 0.552. The van der Waals surface area contributed by atoms with Gasteiger partial charge in [0.25, 0.3) is 0 Å². The lowest BCUT2D eigenvalue weighted by molar-refractivity contribution is -0.127. The van der Waals surface area contributed by atoms with E-state index in [1.165, 1.54) is 0 Å². The van der Waals surface area contributed by atoms with E-state index in [1.807, 2.05) is 0 Å². The van der Waals surface area contributed by atoms with Crippen molar-refractivity contribution in [1.29, 1.82) is 0 Å². The number of hydrogen-bond acceptors (Lipinski definition) is 6. The second-order valence-corrected chi connectivity index (χ2v) is 5.35. The highest BCUT2D eigenvalue weighted by molar-refractivity contribution is 5.94. The Kier molecular flexibility index (Phi) is 4.55. The quantitative estimate of drug-likeness (QED) is 0.806. The van der Waals surface area contributed by atoms with E-state index in [2.05, 4.69) is 31.1 Å². The summed E-state index contributed by atoms with van der Waals surface area (Å²) in [6.07, 6.45) is 5.17. The van der Waals surface area contributed by atoms with Gasteiger partial charge in [-0.1, -0.05) is 0 Å². The van der Waals surface area contributed by atoms with Gasteiger partial charge in [-0.05, 0) is 35.4 Å². The zero-order valence-corrected chi connectivity index (χ0v) is 12.5. The van der Waals surface area contributed by atoms with Crippen LogP contribution in [0.3, 0.4) is 0 Å². The topological polar surface area (TPSA) is 115 Å². The first-order chi connectivity index (χ1) is 11.2. The average Bonchev–Trinajstić information content (AvgIpc) is 2.92. The predicted octanol–water partition coefficient (Wildman–Crippen LogP) is -0.225. The summed E-state index contributed by atoms with van der Waals surface area (Å²) in [4.78, 5) is 27.9. The number of rotatable bonds is 4. The molecule has 9 nitrogen and oxygen atoms in total. The van der Waals surface area contributed by atoms with Gasteiger partial charge in [0.15, 0.2) is 5.82 Å². The minimum absolute atomic E-state index is 0.0609. The number of anilines is 1. The molecule has 1 atom stereocenters. The molecule has 2 aromatic heterocycles. The van der Waals surface area contributed by atoms with Crippen LogP contribution in [0.15, 0.2) is 24.5 Å². The Morgan fingerprint density at radius 1 is 1.35 bits per heavy atom. The van der Waals surface area contributed by atoms with Gasteiger partial charge >= 0.3 is 0 Å². The number of aromatic nitrogens is 5. The van der Waals surface area contributed by atoms with Crippen LogP contribution in [-0.4, -0.2) is 43.6 Å². The monoisotopic (exact) mass is 315 g/mol. The number of fused-ring (bicyclic) bond motifs is 1. The first kappa shape index (κ1) is 15.1. The van der Waals surface area contributed by atoms with Gasteiger partial charge in [-0.2, -0.15) is 0 Å². The van der Waals surface area contributed by atoms with Crippen LogP contribution in [0.5, 0.6) is 0 Å². The lowest BCUT2D eigenvalue weighted by Gasteiger charge is -2.13. The molecule has 120 valence electrons. The van der Waals surface area contributed by atoms with E-state index >= 15 is 0 Å². The maximum atomic E-state index is 12.2. The molecule has 3 rings (SSSR count). The Morgan fingerprint density at radius 3 is 3.09 bits per heavy atom. The standard InChI is InChI=1S/C14H17N7O2/c22-13(17-11-2-1-6-15-8-11)9-16-14(23)10-3-4-12-18-19-20-21(12)7-5-10/h1-2,6,8,10H,3-5,7,9H2,(H,16,23)(H,17,22). The SMILES string of the molecule is O=C(CNC(=O)C1CCc2nnnn2CC1)Nc1cccnc1. The van der Waals surface area contributed by atoms with Crippen molar-refractivity contribution in [3.63, 3.8) is 0 Å². The van der Waals surface area contributed by atoms with Crippen molar-refractivity contribution in [3.05, 3.63) is 30.4 Å². The number of carbonyl (C=O) groups excluding carboxylic acids is 2. The first-order valence-electron chi connectivity index (χ1n) is 7.45. The third-order valence-electron chi connectivity index (χ3n) is 3.75. The summed E-state index contributed by atoms with van der Waals surface area (Å²) in [5, 5.41) is 16.8. The molecule has 0 aliphatic carbocycles. The number of nitrogens with zero attached hydrogens (tertiary/aromatic N) is 5. The van der Waals surface area contributed by atoms with Crippen LogP contribution in [0.4, 0.5) is 5.69 Å². The van der Waals surface area contributed by atoms with Crippen LogP contribution in [0.1, 0.15) is 18.7 Å². The molecule has 0 saturated carbocycles. The normalized spacial score (nSPS) is 17.0. The molecule has 1 aliphatic heterocycles. The van der Waals surface area contributed by atoms with E-state index in [9.17, 15) is 9.59 Å². The Bertz CT molecular complexity index is 663. The highest BCUT2D eigenvalue weighted by Gasteiger charge is 2.24. The number of carbonyl (C=O) groups is 2. The zero-order chi connectivity index (χ0) is 16.1. The van der Waals surface area contributed by atoms with Crippen molar-refractivity contribution >= 4 is 17.5 Å². The molecule has 0 spiro atoms. The summed E-state index contributed by atoms with van der Waals surface area (Å²) in [5.41, 5.74) is 0.602. The van der Waals surface area contributed by atoms with Crippen molar-refractivity contribution in [2.24, 2.45) is 5.92 Å². The largest absolute Gasteiger partial charge is 0.347 e. The van der Waals surface area contributed by atoms with Crippen molar-refractivity contribution < 1.29 is 9.59 Å². The average molecular weight is 315 g/mol. The minimum Gasteiger partial charge on any atom is -0.347 e. The van der Waals surface area contributed by atoms with Crippen LogP contribution in [0, 0.1) is 5.92 Å². The van der Waals surface area contributed by atoms with Gasteiger partial charge in [0.2, 0.25) is 11.8 Å². The van der Waals surface area contributed by atoms with Gasteiger partial charge < -0.3 is 10.6 Å². The van der Waals surface area contributed by atoms with Crippen molar-refractivity contribution in [2.75, 3.05) is 11.9 Å². The fraction of sp³-hybridized carbons (Fsp3) is 0.429. The van der Waals surface area contributed by atoms with Crippen molar-refractivity contribution in [3.8, 4) is 0 Å². The predicted molar refractivity (Wildman–Crippen MR) is 80.1 cm³/mol. The van der Waals surface area contributed by atoms with Crippen LogP contribution >= 0.6 is 0 Å². The molecular formula is C14H17N7O2. The molecule has 2 N–H and O–H groups in total. The maximum absolute atomic E-state index is 12.2. The summed E-state index contributed by atoms with van der Waals surface area (Å²) >= 11 is 0. The van der Waals surface area contributed by atoms with E-state index < -0.39 is 0 Å². The summed E-state index contributed by atoms with van der Waals surface area (Å²) < 4.78 is 1.72. The molecule has 3 heterocycles. The summed E-state index contributed by atoms with van der Waals surface area (Å²) in [7, 11) is 0. The number of pyridine rings is 1. The molecule has 0 bridgehead atoms. The van der Waals surface area contributed by atoms with E-state index in [0.717, 1.165) is 5.82 Å². The van der Waals surface area contributed by atoms with E-state index in [0.29, 0.717) is 31.5 Å². The number of nitrogens with one attached hydrogen (secondary N) is 2. The first-order valence-corrected chi connectivity index (χ1v) is 7.45. The van der Waals surface area contributed by atoms with E-state index in [-0.39, 0.29) is 24.3 Å². The number of amides is 2. The van der Waals surface area contributed by atoms with Gasteiger partial charge in [0, 0.05) is 25.1 Å².